The Hall–Kier alpha value is -3.14. The van der Waals surface area contributed by atoms with Gasteiger partial charge in [-0.15, -0.1) is 5.10 Å². The van der Waals surface area contributed by atoms with E-state index in [0.717, 1.165) is 62.4 Å². The summed E-state index contributed by atoms with van der Waals surface area (Å²) in [7, 11) is 1.62. The minimum Gasteiger partial charge on any atom is -0.497 e. The molecule has 34 heavy (non-hydrogen) atoms. The number of benzene rings is 2. The van der Waals surface area contributed by atoms with Crippen molar-refractivity contribution in [1.29, 1.82) is 0 Å². The first-order valence-corrected chi connectivity index (χ1v) is 11.7. The largest absolute Gasteiger partial charge is 0.497 e. The lowest BCUT2D eigenvalue weighted by Gasteiger charge is -2.44. The van der Waals surface area contributed by atoms with E-state index >= 15 is 0 Å². The second-order valence-corrected chi connectivity index (χ2v) is 8.44. The standard InChI is InChI=1S/C25H30N4O5/c1-3-32-22-11-13-27(22)16-18-5-4-6-21(15-18)33-23-12-14-28(23)29-24(17-30)34-25(26-29)19-7-9-20(31-2)10-8-19/h4-10,15,17,22-24H,3,11-14,16H2,1-2H3. The summed E-state index contributed by atoms with van der Waals surface area (Å²) < 4.78 is 23.0. The van der Waals surface area contributed by atoms with Gasteiger partial charge in [-0.1, -0.05) is 12.1 Å². The van der Waals surface area contributed by atoms with E-state index in [4.69, 9.17) is 18.9 Å². The number of hydrogen-bond acceptors (Lipinski definition) is 9. The van der Waals surface area contributed by atoms with Crippen LogP contribution in [0.4, 0.5) is 0 Å². The van der Waals surface area contributed by atoms with Crippen LogP contribution in [0.2, 0.25) is 0 Å². The van der Waals surface area contributed by atoms with Crippen LogP contribution < -0.4 is 9.47 Å². The van der Waals surface area contributed by atoms with Gasteiger partial charge < -0.3 is 18.9 Å². The van der Waals surface area contributed by atoms with Crippen LogP contribution in [0.25, 0.3) is 0 Å². The zero-order valence-electron chi connectivity index (χ0n) is 19.5. The van der Waals surface area contributed by atoms with Crippen LogP contribution in [-0.2, 0) is 20.8 Å². The average molecular weight is 467 g/mol. The molecule has 0 spiro atoms. The van der Waals surface area contributed by atoms with Crippen molar-refractivity contribution in [2.24, 2.45) is 5.10 Å². The molecule has 9 heteroatoms. The second kappa shape index (κ2) is 10.0. The Morgan fingerprint density at radius 3 is 2.56 bits per heavy atom. The fourth-order valence-electron chi connectivity index (χ4n) is 4.27. The molecule has 5 rings (SSSR count). The van der Waals surface area contributed by atoms with Crippen LogP contribution in [-0.4, -0.2) is 72.7 Å². The molecule has 0 N–H and O–H groups in total. The van der Waals surface area contributed by atoms with Gasteiger partial charge in [0.05, 0.1) is 7.11 Å². The van der Waals surface area contributed by atoms with Crippen molar-refractivity contribution in [2.45, 2.75) is 45.0 Å². The van der Waals surface area contributed by atoms with E-state index in [1.165, 1.54) is 5.56 Å². The van der Waals surface area contributed by atoms with Gasteiger partial charge in [-0.05, 0) is 55.3 Å². The number of carbonyl (C=O) groups is 1. The molecule has 0 bridgehead atoms. The van der Waals surface area contributed by atoms with Gasteiger partial charge in [-0.25, -0.2) is 0 Å². The molecule has 0 aliphatic carbocycles. The minimum atomic E-state index is -0.822. The highest BCUT2D eigenvalue weighted by Gasteiger charge is 2.42. The van der Waals surface area contributed by atoms with Crippen LogP contribution in [0.15, 0.2) is 53.6 Å². The van der Waals surface area contributed by atoms with Gasteiger partial charge in [0.1, 0.15) is 17.7 Å². The van der Waals surface area contributed by atoms with Crippen molar-refractivity contribution < 1.29 is 23.7 Å². The highest BCUT2D eigenvalue weighted by Crippen LogP contribution is 2.30. The number of likely N-dealkylation sites (tertiary alicyclic amines) is 1. The van der Waals surface area contributed by atoms with Gasteiger partial charge in [0.15, 0.2) is 12.5 Å². The van der Waals surface area contributed by atoms with Crippen LogP contribution in [0, 0.1) is 0 Å². The second-order valence-electron chi connectivity index (χ2n) is 8.44. The lowest BCUT2D eigenvalue weighted by Crippen LogP contribution is -2.60. The molecule has 2 aromatic carbocycles. The molecule has 2 fully saturated rings. The number of rotatable bonds is 10. The number of ether oxygens (including phenoxy) is 4. The smallest absolute Gasteiger partial charge is 0.260 e. The topological polar surface area (TPSA) is 76.1 Å². The lowest BCUT2D eigenvalue weighted by atomic mass is 10.1. The Morgan fingerprint density at radius 2 is 1.91 bits per heavy atom. The zero-order chi connectivity index (χ0) is 23.5. The number of carbonyl (C=O) groups excluding carboxylic acids is 1. The van der Waals surface area contributed by atoms with E-state index < -0.39 is 6.23 Å². The summed E-state index contributed by atoms with van der Waals surface area (Å²) in [5.41, 5.74) is 1.96. The third-order valence-corrected chi connectivity index (χ3v) is 6.29. The van der Waals surface area contributed by atoms with Crippen molar-refractivity contribution in [3.8, 4) is 11.5 Å². The summed E-state index contributed by atoms with van der Waals surface area (Å²) in [6, 6.07) is 15.5. The Bertz CT molecular complexity index is 1030. The number of aldehydes is 1. The Labute approximate surface area is 199 Å². The summed E-state index contributed by atoms with van der Waals surface area (Å²) in [6.45, 7) is 5.36. The third-order valence-electron chi connectivity index (χ3n) is 6.29. The van der Waals surface area contributed by atoms with Gasteiger partial charge in [-0.2, -0.15) is 10.1 Å². The van der Waals surface area contributed by atoms with E-state index in [1.54, 1.807) is 12.2 Å². The number of methoxy groups -OCH3 is 1. The molecular formula is C25H30N4O5. The van der Waals surface area contributed by atoms with Crippen molar-refractivity contribution in [2.75, 3.05) is 26.8 Å². The highest BCUT2D eigenvalue weighted by molar-refractivity contribution is 5.95. The van der Waals surface area contributed by atoms with E-state index in [-0.39, 0.29) is 12.5 Å². The Morgan fingerprint density at radius 1 is 1.09 bits per heavy atom. The van der Waals surface area contributed by atoms with Gasteiger partial charge >= 0.3 is 0 Å². The van der Waals surface area contributed by atoms with E-state index in [2.05, 4.69) is 22.1 Å². The molecule has 0 amide bonds. The highest BCUT2D eigenvalue weighted by atomic mass is 16.6. The molecule has 2 saturated heterocycles. The fourth-order valence-corrected chi connectivity index (χ4v) is 4.27. The first-order chi connectivity index (χ1) is 16.7. The van der Waals surface area contributed by atoms with Crippen LogP contribution in [0.3, 0.4) is 0 Å². The maximum absolute atomic E-state index is 11.7. The normalized spacial score (nSPS) is 24.6. The monoisotopic (exact) mass is 466 g/mol. The molecule has 3 aliphatic heterocycles. The molecule has 3 aliphatic rings. The Balaban J connectivity index is 1.24. The van der Waals surface area contributed by atoms with Crippen molar-refractivity contribution >= 4 is 12.2 Å². The summed E-state index contributed by atoms with van der Waals surface area (Å²) in [5.74, 6) is 1.93. The molecule has 3 unspecified atom stereocenters. The number of hydrazone groups is 1. The first kappa shape index (κ1) is 22.6. The third kappa shape index (κ3) is 4.59. The molecule has 0 saturated carbocycles. The minimum absolute atomic E-state index is 0.213. The van der Waals surface area contributed by atoms with E-state index in [1.807, 2.05) is 48.3 Å². The molecule has 3 atom stereocenters. The summed E-state index contributed by atoms with van der Waals surface area (Å²) in [4.78, 5) is 14.0. The first-order valence-electron chi connectivity index (χ1n) is 11.7. The predicted octanol–water partition coefficient (Wildman–Crippen LogP) is 2.81. The average Bonchev–Trinajstić information content (AvgIpc) is 3.27. The molecular weight excluding hydrogens is 436 g/mol. The lowest BCUT2D eigenvalue weighted by molar-refractivity contribution is -0.218. The van der Waals surface area contributed by atoms with Gasteiger partial charge in [-0.3, -0.25) is 9.69 Å². The van der Waals surface area contributed by atoms with E-state index in [9.17, 15) is 4.79 Å². The van der Waals surface area contributed by atoms with Crippen LogP contribution in [0.5, 0.6) is 11.5 Å². The molecule has 0 aromatic heterocycles. The quantitative estimate of drug-likeness (QED) is 0.495. The summed E-state index contributed by atoms with van der Waals surface area (Å²) in [6.07, 6.45) is 1.83. The maximum atomic E-state index is 11.7. The fraction of sp³-hybridized carbons (Fsp3) is 0.440. The van der Waals surface area contributed by atoms with E-state index in [0.29, 0.717) is 5.90 Å². The van der Waals surface area contributed by atoms with Crippen LogP contribution in [0.1, 0.15) is 30.9 Å². The Kier molecular flexibility index (Phi) is 6.66. The SMILES string of the molecule is CCOC1CCN1Cc1cccc(OC2CCN2N2N=C(c3ccc(OC)cc3)OC2C=O)c1. The molecule has 9 nitrogen and oxygen atoms in total. The van der Waals surface area contributed by atoms with Gasteiger partial charge in [0.2, 0.25) is 5.90 Å². The van der Waals surface area contributed by atoms with Gasteiger partial charge in [0.25, 0.3) is 6.23 Å². The van der Waals surface area contributed by atoms with Crippen molar-refractivity contribution in [3.05, 3.63) is 59.7 Å². The van der Waals surface area contributed by atoms with Crippen molar-refractivity contribution in [3.63, 3.8) is 0 Å². The number of nitrogens with zero attached hydrogens (tertiary/aromatic N) is 4. The maximum Gasteiger partial charge on any atom is 0.260 e. The predicted molar refractivity (Wildman–Crippen MR) is 125 cm³/mol. The zero-order valence-corrected chi connectivity index (χ0v) is 19.5. The summed E-state index contributed by atoms with van der Waals surface area (Å²) >= 11 is 0. The molecule has 180 valence electrons. The van der Waals surface area contributed by atoms with Gasteiger partial charge in [0, 0.05) is 38.2 Å². The number of hydrogen-bond donors (Lipinski definition) is 0. The van der Waals surface area contributed by atoms with Crippen LogP contribution >= 0.6 is 0 Å². The summed E-state index contributed by atoms with van der Waals surface area (Å²) in [5, 5.41) is 8.06. The number of hydrazine groups is 1. The molecule has 2 aromatic rings. The molecule has 0 radical (unpaired) electrons. The molecule has 3 heterocycles. The van der Waals surface area contributed by atoms with Crippen molar-refractivity contribution in [1.82, 2.24) is 15.0 Å².